The van der Waals surface area contributed by atoms with E-state index in [1.54, 1.807) is 0 Å². The third-order valence-corrected chi connectivity index (χ3v) is 4.42. The van der Waals surface area contributed by atoms with Crippen molar-refractivity contribution in [2.24, 2.45) is 0 Å². The van der Waals surface area contributed by atoms with Crippen LogP contribution in [-0.2, 0) is 24.2 Å². The van der Waals surface area contributed by atoms with Crippen LogP contribution in [-0.4, -0.2) is 25.8 Å². The van der Waals surface area contributed by atoms with Gasteiger partial charge in [-0.3, -0.25) is 4.79 Å². The number of nitrogens with zero attached hydrogens (tertiary/aromatic N) is 4. The van der Waals surface area contributed by atoms with Gasteiger partial charge in [-0.15, -0.1) is 10.2 Å². The zero-order valence-corrected chi connectivity index (χ0v) is 13.9. The van der Waals surface area contributed by atoms with Crippen molar-refractivity contribution in [3.63, 3.8) is 0 Å². The third-order valence-electron chi connectivity index (χ3n) is 4.42. The number of nitrogens with one attached hydrogen (secondary N) is 1. The lowest BCUT2D eigenvalue weighted by Crippen LogP contribution is -2.30. The second kappa shape index (κ2) is 6.52. The number of hydrogen-bond acceptors (Lipinski definition) is 5. The molecule has 1 N–H and O–H groups in total. The van der Waals surface area contributed by atoms with Gasteiger partial charge in [0.25, 0.3) is 0 Å². The Morgan fingerprint density at radius 3 is 2.87 bits per heavy atom. The quantitative estimate of drug-likeness (QED) is 0.932. The average Bonchev–Trinajstić information content (AvgIpc) is 2.96. The van der Waals surface area contributed by atoms with Crippen LogP contribution in [0.4, 0.5) is 0 Å². The summed E-state index contributed by atoms with van der Waals surface area (Å²) in [4.78, 5) is 12.3. The van der Waals surface area contributed by atoms with Crippen LogP contribution in [0.5, 0.6) is 0 Å². The Labute approximate surface area is 135 Å². The molecule has 1 amide bonds. The van der Waals surface area contributed by atoms with Gasteiger partial charge in [0.15, 0.2) is 5.82 Å². The summed E-state index contributed by atoms with van der Waals surface area (Å²) in [5.41, 5.74) is 1.62. The van der Waals surface area contributed by atoms with Crippen molar-refractivity contribution in [1.82, 2.24) is 25.2 Å². The first-order valence-electron chi connectivity index (χ1n) is 8.19. The molecule has 0 aliphatic carbocycles. The maximum Gasteiger partial charge on any atom is 0.225 e. The second-order valence-electron chi connectivity index (χ2n) is 6.21. The van der Waals surface area contributed by atoms with Crippen LogP contribution in [0.15, 0.2) is 4.52 Å². The van der Waals surface area contributed by atoms with E-state index >= 15 is 0 Å². The average molecular weight is 317 g/mol. The molecule has 1 aliphatic rings. The van der Waals surface area contributed by atoms with Crippen molar-refractivity contribution in [3.8, 4) is 0 Å². The van der Waals surface area contributed by atoms with Crippen molar-refractivity contribution in [2.75, 3.05) is 0 Å². The highest BCUT2D eigenvalue weighted by atomic mass is 16.5. The topological polar surface area (TPSA) is 85.8 Å². The van der Waals surface area contributed by atoms with Crippen molar-refractivity contribution in [3.05, 3.63) is 28.7 Å². The van der Waals surface area contributed by atoms with E-state index in [1.165, 1.54) is 6.42 Å². The highest BCUT2D eigenvalue weighted by Gasteiger charge is 2.21. The molecule has 2 aromatic rings. The Bertz CT molecular complexity index is 684. The van der Waals surface area contributed by atoms with Gasteiger partial charge in [0.1, 0.15) is 11.6 Å². The number of rotatable bonds is 4. The molecule has 124 valence electrons. The first-order chi connectivity index (χ1) is 11.1. The van der Waals surface area contributed by atoms with Crippen LogP contribution in [0.25, 0.3) is 0 Å². The number of carbonyl (C=O) groups excluding carboxylic acids is 1. The highest BCUT2D eigenvalue weighted by molar-refractivity contribution is 5.79. The fraction of sp³-hybridized carbons (Fsp3) is 0.625. The lowest BCUT2D eigenvalue weighted by Gasteiger charge is -2.15. The molecule has 23 heavy (non-hydrogen) atoms. The number of hydrogen-bond donors (Lipinski definition) is 1. The summed E-state index contributed by atoms with van der Waals surface area (Å²) in [7, 11) is 0. The van der Waals surface area contributed by atoms with Gasteiger partial charge >= 0.3 is 0 Å². The van der Waals surface area contributed by atoms with Gasteiger partial charge in [-0.25, -0.2) is 0 Å². The van der Waals surface area contributed by atoms with E-state index in [0.717, 1.165) is 48.7 Å². The Morgan fingerprint density at radius 1 is 1.30 bits per heavy atom. The molecule has 7 heteroatoms. The zero-order valence-electron chi connectivity index (χ0n) is 13.9. The van der Waals surface area contributed by atoms with E-state index in [0.29, 0.717) is 5.76 Å². The van der Waals surface area contributed by atoms with Crippen LogP contribution in [0.3, 0.4) is 0 Å². The fourth-order valence-electron chi connectivity index (χ4n) is 3.10. The Hall–Kier alpha value is -2.18. The molecule has 0 saturated carbocycles. The van der Waals surface area contributed by atoms with Gasteiger partial charge in [-0.2, -0.15) is 0 Å². The fourth-order valence-corrected chi connectivity index (χ4v) is 3.10. The number of aromatic nitrogens is 4. The van der Waals surface area contributed by atoms with Crippen LogP contribution < -0.4 is 5.32 Å². The lowest BCUT2D eigenvalue weighted by molar-refractivity contribution is -0.121. The van der Waals surface area contributed by atoms with Crippen molar-refractivity contribution < 1.29 is 9.32 Å². The summed E-state index contributed by atoms with van der Waals surface area (Å²) < 4.78 is 7.27. The van der Waals surface area contributed by atoms with E-state index in [1.807, 2.05) is 20.8 Å². The molecule has 3 heterocycles. The molecule has 2 aromatic heterocycles. The minimum Gasteiger partial charge on any atom is -0.361 e. The van der Waals surface area contributed by atoms with Crippen molar-refractivity contribution >= 4 is 5.91 Å². The zero-order chi connectivity index (χ0) is 16.4. The van der Waals surface area contributed by atoms with E-state index in [2.05, 4.69) is 25.2 Å². The summed E-state index contributed by atoms with van der Waals surface area (Å²) in [6, 6.07) is -0.165. The molecule has 0 spiro atoms. The number of aryl methyl sites for hydroxylation is 3. The molecular weight excluding hydrogens is 294 g/mol. The molecule has 3 rings (SSSR count). The molecule has 0 aromatic carbocycles. The molecule has 1 aliphatic heterocycles. The maximum atomic E-state index is 12.3. The molecule has 1 unspecified atom stereocenters. The monoisotopic (exact) mass is 317 g/mol. The van der Waals surface area contributed by atoms with Gasteiger partial charge in [-0.1, -0.05) is 11.6 Å². The molecule has 0 bridgehead atoms. The van der Waals surface area contributed by atoms with Gasteiger partial charge in [-0.05, 0) is 33.6 Å². The van der Waals surface area contributed by atoms with Gasteiger partial charge < -0.3 is 14.4 Å². The van der Waals surface area contributed by atoms with Gasteiger partial charge in [0, 0.05) is 18.5 Å². The Morgan fingerprint density at radius 2 is 2.13 bits per heavy atom. The Balaban J connectivity index is 1.68. The van der Waals surface area contributed by atoms with E-state index < -0.39 is 0 Å². The van der Waals surface area contributed by atoms with Gasteiger partial charge in [0.2, 0.25) is 5.91 Å². The summed E-state index contributed by atoms with van der Waals surface area (Å²) in [5, 5.41) is 15.5. The summed E-state index contributed by atoms with van der Waals surface area (Å²) in [6.07, 6.45) is 4.75. The summed E-state index contributed by atoms with van der Waals surface area (Å²) in [5.74, 6) is 2.51. The van der Waals surface area contributed by atoms with Crippen LogP contribution in [0, 0.1) is 13.8 Å². The molecule has 0 saturated heterocycles. The predicted molar refractivity (Wildman–Crippen MR) is 83.8 cm³/mol. The van der Waals surface area contributed by atoms with E-state index in [9.17, 15) is 4.79 Å². The molecule has 7 nitrogen and oxygen atoms in total. The van der Waals surface area contributed by atoms with Crippen molar-refractivity contribution in [1.29, 1.82) is 0 Å². The van der Waals surface area contributed by atoms with E-state index in [4.69, 9.17) is 4.52 Å². The standard InChI is InChI=1S/C16H23N5O2/c1-10-13(12(3)23-20-10)9-15(22)17-11(2)16-19-18-14-7-5-4-6-8-21(14)16/h11H,4-9H2,1-3H3,(H,17,22). The van der Waals surface area contributed by atoms with Crippen LogP contribution in [0.2, 0.25) is 0 Å². The lowest BCUT2D eigenvalue weighted by atomic mass is 10.1. The molecule has 0 radical (unpaired) electrons. The number of amides is 1. The normalized spacial score (nSPS) is 15.8. The molecule has 0 fully saturated rings. The van der Waals surface area contributed by atoms with Crippen LogP contribution in [0.1, 0.15) is 60.9 Å². The maximum absolute atomic E-state index is 12.3. The first kappa shape index (κ1) is 15.7. The minimum absolute atomic E-state index is 0.0575. The van der Waals surface area contributed by atoms with E-state index in [-0.39, 0.29) is 18.4 Å². The van der Waals surface area contributed by atoms with Crippen molar-refractivity contribution in [2.45, 2.75) is 65.5 Å². The largest absolute Gasteiger partial charge is 0.361 e. The first-order valence-corrected chi connectivity index (χ1v) is 8.19. The summed E-state index contributed by atoms with van der Waals surface area (Å²) in [6.45, 7) is 6.56. The second-order valence-corrected chi connectivity index (χ2v) is 6.21. The SMILES string of the molecule is Cc1noc(C)c1CC(=O)NC(C)c1nnc2n1CCCCC2. The predicted octanol–water partition coefficient (Wildman–Crippen LogP) is 2.03. The smallest absolute Gasteiger partial charge is 0.225 e. The summed E-state index contributed by atoms with van der Waals surface area (Å²) >= 11 is 0. The van der Waals surface area contributed by atoms with Gasteiger partial charge in [0.05, 0.1) is 18.2 Å². The van der Waals surface area contributed by atoms with Crippen LogP contribution >= 0.6 is 0 Å². The number of fused-ring (bicyclic) bond motifs is 1. The number of carbonyl (C=O) groups is 1. The minimum atomic E-state index is -0.165. The molecule has 1 atom stereocenters. The third kappa shape index (κ3) is 3.28. The molecular formula is C16H23N5O2. The highest BCUT2D eigenvalue weighted by Crippen LogP contribution is 2.19. The Kier molecular flexibility index (Phi) is 4.45.